The van der Waals surface area contributed by atoms with Gasteiger partial charge >= 0.3 is 29.6 Å². The number of rotatable bonds is 15. The molecule has 0 spiro atoms. The Morgan fingerprint density at radius 2 is 1.41 bits per heavy atom. The molecule has 0 bridgehead atoms. The van der Waals surface area contributed by atoms with Crippen LogP contribution in [0.1, 0.15) is 62.5 Å². The van der Waals surface area contributed by atoms with Crippen LogP contribution in [-0.2, 0) is 16.0 Å². The summed E-state index contributed by atoms with van der Waals surface area (Å²) in [5.74, 6) is -1.85. The fraction of sp³-hybridized carbons (Fsp3) is 0.720. The van der Waals surface area contributed by atoms with Crippen molar-refractivity contribution in [2.75, 3.05) is 20.8 Å². The largest absolute Gasteiger partial charge is 1.00 e. The van der Waals surface area contributed by atoms with Gasteiger partial charge in [-0.3, -0.25) is 0 Å². The summed E-state index contributed by atoms with van der Waals surface area (Å²) in [6, 6.07) is 0. The van der Waals surface area contributed by atoms with Gasteiger partial charge in [-0.05, 0) is 26.2 Å². The molecular weight excluding hydrogens is 499 g/mol. The number of phenols is 1. The van der Waals surface area contributed by atoms with Gasteiger partial charge in [-0.2, -0.15) is 0 Å². The van der Waals surface area contributed by atoms with Crippen molar-refractivity contribution in [2.45, 2.75) is 95.4 Å². The maximum absolute atomic E-state index is 11.4. The summed E-state index contributed by atoms with van der Waals surface area (Å²) in [5.41, 5.74) is 1.00. The number of carbonyl (C=O) groups excluding carboxylic acids is 1. The molecule has 0 aromatic heterocycles. The van der Waals surface area contributed by atoms with Crippen molar-refractivity contribution in [1.82, 2.24) is 0 Å². The molecule has 1 aromatic carbocycles. The molecule has 0 saturated carbocycles. The van der Waals surface area contributed by atoms with Gasteiger partial charge in [0, 0.05) is 17.7 Å². The van der Waals surface area contributed by atoms with Gasteiger partial charge in [-0.15, -0.1) is 0 Å². The molecule has 37 heavy (non-hydrogen) atoms. The number of carboxylic acid groups (broad SMARTS) is 1. The Kier molecular flexibility index (Phi) is 15.1. The predicted molar refractivity (Wildman–Crippen MR) is 126 cm³/mol. The van der Waals surface area contributed by atoms with Crippen LogP contribution in [0.15, 0.2) is 0 Å². The number of carbonyl (C=O) groups is 1. The minimum Gasteiger partial charge on any atom is -0.547 e. The molecule has 12 heteroatoms. The first-order valence-electron chi connectivity index (χ1n) is 12.3. The van der Waals surface area contributed by atoms with Crippen LogP contribution in [0.5, 0.6) is 23.0 Å². The summed E-state index contributed by atoms with van der Waals surface area (Å²) in [6.45, 7) is 1.89. The van der Waals surface area contributed by atoms with E-state index in [1.165, 1.54) is 14.2 Å². The van der Waals surface area contributed by atoms with Crippen LogP contribution in [0.2, 0.25) is 0 Å². The van der Waals surface area contributed by atoms with Crippen LogP contribution in [0.3, 0.4) is 0 Å². The average molecular weight is 539 g/mol. The van der Waals surface area contributed by atoms with Gasteiger partial charge in [0.1, 0.15) is 24.4 Å². The summed E-state index contributed by atoms with van der Waals surface area (Å²) < 4.78 is 21.8. The van der Waals surface area contributed by atoms with Crippen LogP contribution in [-0.4, -0.2) is 83.0 Å². The van der Waals surface area contributed by atoms with E-state index in [0.29, 0.717) is 17.5 Å². The number of benzene rings is 1. The minimum atomic E-state index is -1.93. The van der Waals surface area contributed by atoms with Crippen molar-refractivity contribution in [2.24, 2.45) is 0 Å². The van der Waals surface area contributed by atoms with E-state index in [9.17, 15) is 30.3 Å². The molecule has 1 aliphatic heterocycles. The van der Waals surface area contributed by atoms with Crippen LogP contribution >= 0.6 is 0 Å². The Morgan fingerprint density at radius 3 is 1.92 bits per heavy atom. The number of hydrogen-bond acceptors (Lipinski definition) is 11. The monoisotopic (exact) mass is 538 g/mol. The molecule has 1 fully saturated rings. The van der Waals surface area contributed by atoms with Crippen LogP contribution < -0.4 is 48.9 Å². The maximum Gasteiger partial charge on any atom is 1.00 e. The van der Waals surface area contributed by atoms with Gasteiger partial charge in [0.15, 0.2) is 11.5 Å². The summed E-state index contributed by atoms with van der Waals surface area (Å²) in [7, 11) is 2.67. The zero-order valence-corrected chi connectivity index (χ0v) is 24.1. The number of aromatic hydroxyl groups is 1. The number of methoxy groups -OCH3 is 2. The second-order valence-electron chi connectivity index (χ2n) is 8.98. The van der Waals surface area contributed by atoms with Crippen molar-refractivity contribution in [3.8, 4) is 23.0 Å². The van der Waals surface area contributed by atoms with Gasteiger partial charge in [-0.25, -0.2) is 0 Å². The first-order chi connectivity index (χ1) is 17.2. The summed E-state index contributed by atoms with van der Waals surface area (Å²) >= 11 is 0. The average Bonchev–Trinajstić information content (AvgIpc) is 2.86. The van der Waals surface area contributed by atoms with Gasteiger partial charge in [0.05, 0.1) is 20.2 Å². The van der Waals surface area contributed by atoms with E-state index in [4.69, 9.17) is 24.1 Å². The first-order valence-corrected chi connectivity index (χ1v) is 12.3. The van der Waals surface area contributed by atoms with E-state index in [1.807, 2.05) is 0 Å². The Labute approximate surface area is 239 Å². The quantitative estimate of drug-likeness (QED) is 0.116. The Bertz CT molecular complexity index is 851. The van der Waals surface area contributed by atoms with E-state index >= 15 is 0 Å². The van der Waals surface area contributed by atoms with Crippen molar-refractivity contribution < 1.29 is 83.9 Å². The molecule has 1 aliphatic rings. The number of aliphatic hydroxyl groups is 4. The van der Waals surface area contributed by atoms with E-state index in [0.717, 1.165) is 51.4 Å². The van der Waals surface area contributed by atoms with Crippen molar-refractivity contribution in [1.29, 1.82) is 0 Å². The normalized spacial score (nSPS) is 23.3. The Hall–Kier alpha value is -1.31. The molecule has 0 radical (unpaired) electrons. The third-order valence-corrected chi connectivity index (χ3v) is 6.49. The smallest absolute Gasteiger partial charge is 0.547 e. The molecule has 5 atom stereocenters. The Balaban J connectivity index is 0.00000684. The molecule has 206 valence electrons. The summed E-state index contributed by atoms with van der Waals surface area (Å²) in [5, 5.41) is 61.4. The van der Waals surface area contributed by atoms with Crippen molar-refractivity contribution in [3.63, 3.8) is 0 Å². The van der Waals surface area contributed by atoms with Crippen LogP contribution in [0.4, 0.5) is 0 Å². The van der Waals surface area contributed by atoms with E-state index in [2.05, 4.69) is 0 Å². The number of aliphatic hydroxyl groups excluding tert-OH is 4. The van der Waals surface area contributed by atoms with E-state index < -0.39 is 36.7 Å². The zero-order valence-electron chi connectivity index (χ0n) is 22.1. The standard InChI is InChI=1S/C25H40O11.Na/c1-14-15(12-10-8-6-4-5-7-9-11-13-26)20(23(34-3)21(33-2)16(14)27)35-25-19(30)17(28)18(29)22(36-25)24(31)32;/h17-19,22,25-30H,4-13H2,1-3H3,(H,31,32);/q;+1/p-1/t17-,18-,19+,22-,25+;/m0./s1. The molecule has 0 aliphatic carbocycles. The second kappa shape index (κ2) is 16.6. The van der Waals surface area contributed by atoms with Gasteiger partial charge in [-0.1, -0.05) is 38.5 Å². The number of phenolic OH excluding ortho intramolecular Hbond substituents is 1. The third kappa shape index (κ3) is 8.59. The number of carboxylic acids is 1. The van der Waals surface area contributed by atoms with Gasteiger partial charge in [0.2, 0.25) is 17.8 Å². The molecule has 1 saturated heterocycles. The number of unbranched alkanes of at least 4 members (excludes halogenated alkanes) is 7. The first kappa shape index (κ1) is 33.7. The Morgan fingerprint density at radius 1 is 0.865 bits per heavy atom. The molecular formula is C25H39NaO11. The third-order valence-electron chi connectivity index (χ3n) is 6.49. The fourth-order valence-electron chi connectivity index (χ4n) is 4.36. The molecule has 2 rings (SSSR count). The molecule has 11 nitrogen and oxygen atoms in total. The van der Waals surface area contributed by atoms with Gasteiger partial charge in [0.25, 0.3) is 0 Å². The van der Waals surface area contributed by atoms with Gasteiger partial charge < -0.3 is 54.4 Å². The fourth-order valence-corrected chi connectivity index (χ4v) is 4.36. The SMILES string of the molecule is COc1c(O)c(C)c(CCCCCCCCCCO)c(O[C@@H]2O[C@H](C(=O)[O-])[C@@H](O)[C@H](O)[C@H]2O)c1OC.[Na+]. The predicted octanol–water partition coefficient (Wildman–Crippen LogP) is -2.69. The van der Waals surface area contributed by atoms with Crippen molar-refractivity contribution in [3.05, 3.63) is 11.1 Å². The minimum absolute atomic E-state index is 0. The maximum atomic E-state index is 11.4. The van der Waals surface area contributed by atoms with Crippen LogP contribution in [0.25, 0.3) is 0 Å². The second-order valence-corrected chi connectivity index (χ2v) is 8.98. The molecule has 0 amide bonds. The molecule has 1 aromatic rings. The van der Waals surface area contributed by atoms with Crippen LogP contribution in [0, 0.1) is 6.92 Å². The molecule has 5 N–H and O–H groups in total. The summed E-state index contributed by atoms with van der Waals surface area (Å²) in [4.78, 5) is 11.4. The summed E-state index contributed by atoms with van der Waals surface area (Å²) in [6.07, 6.45) is -0.937. The van der Waals surface area contributed by atoms with E-state index in [1.54, 1.807) is 6.92 Å². The number of aliphatic carboxylic acids is 1. The van der Waals surface area contributed by atoms with Crippen molar-refractivity contribution >= 4 is 5.97 Å². The van der Waals surface area contributed by atoms with E-state index in [-0.39, 0.29) is 59.2 Å². The zero-order chi connectivity index (χ0) is 26.8. The topological polar surface area (TPSA) is 178 Å². The molecule has 1 heterocycles. The number of hydrogen-bond donors (Lipinski definition) is 5. The number of ether oxygens (including phenoxy) is 4. The molecule has 0 unspecified atom stereocenters.